The van der Waals surface area contributed by atoms with Crippen LogP contribution in [0, 0.1) is 10.1 Å². The lowest BCUT2D eigenvalue weighted by atomic mass is 9.95. The van der Waals surface area contributed by atoms with Crippen LogP contribution in [0.5, 0.6) is 5.75 Å². The molecule has 8 heteroatoms. The zero-order chi connectivity index (χ0) is 23.4. The molecule has 0 unspecified atom stereocenters. The van der Waals surface area contributed by atoms with E-state index in [1.165, 1.54) is 17.5 Å². The van der Waals surface area contributed by atoms with Crippen LogP contribution in [-0.2, 0) is 0 Å². The van der Waals surface area contributed by atoms with Crippen LogP contribution in [0.1, 0.15) is 35.4 Å². The highest BCUT2D eigenvalue weighted by Gasteiger charge is 2.41. The first-order valence-corrected chi connectivity index (χ1v) is 11.9. The fraction of sp³-hybridized carbons (Fsp3) is 0.115. The van der Waals surface area contributed by atoms with E-state index in [0.717, 1.165) is 32.4 Å². The fourth-order valence-corrected chi connectivity index (χ4v) is 5.21. The summed E-state index contributed by atoms with van der Waals surface area (Å²) in [7, 11) is 0. The highest BCUT2D eigenvalue weighted by molar-refractivity contribution is 9.10. The molecule has 6 nitrogen and oxygen atoms in total. The summed E-state index contributed by atoms with van der Waals surface area (Å²) in [4.78, 5) is 11.0. The minimum atomic E-state index is -0.618. The molecule has 0 saturated carbocycles. The van der Waals surface area contributed by atoms with Crippen molar-refractivity contribution in [2.45, 2.75) is 18.7 Å². The van der Waals surface area contributed by atoms with Crippen molar-refractivity contribution in [3.63, 3.8) is 0 Å². The molecule has 2 heterocycles. The number of hydrazone groups is 1. The highest BCUT2D eigenvalue weighted by Crippen LogP contribution is 2.48. The molecule has 4 aromatic rings. The number of halogens is 2. The normalized spacial score (nSPS) is 18.8. The van der Waals surface area contributed by atoms with Gasteiger partial charge in [-0.2, -0.15) is 5.10 Å². The second kappa shape index (κ2) is 8.11. The lowest BCUT2D eigenvalue weighted by molar-refractivity contribution is -0.384. The molecule has 2 aliphatic heterocycles. The van der Waals surface area contributed by atoms with Gasteiger partial charge in [0.2, 0.25) is 6.23 Å². The van der Waals surface area contributed by atoms with Crippen molar-refractivity contribution in [3.8, 4) is 5.75 Å². The Morgan fingerprint density at radius 2 is 1.85 bits per heavy atom. The quantitative estimate of drug-likeness (QED) is 0.203. The van der Waals surface area contributed by atoms with Gasteiger partial charge in [-0.3, -0.25) is 10.1 Å². The van der Waals surface area contributed by atoms with Gasteiger partial charge in [0.25, 0.3) is 5.69 Å². The van der Waals surface area contributed by atoms with E-state index in [1.54, 1.807) is 6.07 Å². The standard InChI is InChI=1S/C26H17BrClN3O3/c27-19-8-10-25-20(13-19)23-14-22(17-6-5-15-3-1-2-4-16(15)11-17)29-30(23)26(34-25)18-7-9-21(28)24(12-18)31(32)33/h1-13,23,26H,14H2/t23-,26+/m1/s1. The Balaban J connectivity index is 1.47. The third-order valence-corrected chi connectivity index (χ3v) is 7.10. The van der Waals surface area contributed by atoms with Crippen LogP contribution in [0.4, 0.5) is 5.69 Å². The molecule has 0 N–H and O–H groups in total. The molecule has 0 radical (unpaired) electrons. The van der Waals surface area contributed by atoms with Gasteiger partial charge in [0.1, 0.15) is 10.8 Å². The van der Waals surface area contributed by atoms with E-state index < -0.39 is 11.2 Å². The van der Waals surface area contributed by atoms with E-state index in [4.69, 9.17) is 21.4 Å². The Morgan fingerprint density at radius 1 is 1.03 bits per heavy atom. The largest absolute Gasteiger partial charge is 0.464 e. The molecule has 34 heavy (non-hydrogen) atoms. The zero-order valence-corrected chi connectivity index (χ0v) is 20.0. The van der Waals surface area contributed by atoms with Crippen molar-refractivity contribution >= 4 is 49.7 Å². The van der Waals surface area contributed by atoms with Gasteiger partial charge in [-0.25, -0.2) is 5.01 Å². The summed E-state index contributed by atoms with van der Waals surface area (Å²) >= 11 is 9.63. The molecule has 0 bridgehead atoms. The third-order valence-electron chi connectivity index (χ3n) is 6.29. The number of nitro benzene ring substituents is 1. The minimum absolute atomic E-state index is 0.0672. The molecule has 2 aliphatic rings. The van der Waals surface area contributed by atoms with Gasteiger partial charge in [-0.05, 0) is 46.7 Å². The van der Waals surface area contributed by atoms with Crippen LogP contribution in [0.15, 0.2) is 88.4 Å². The SMILES string of the molecule is O=[N+]([O-])c1cc([C@@H]2Oc3ccc(Br)cc3[C@H]3CC(c4ccc5ccccc5c4)=NN32)ccc1Cl. The van der Waals surface area contributed by atoms with E-state index in [2.05, 4.69) is 46.3 Å². The minimum Gasteiger partial charge on any atom is -0.464 e. The van der Waals surface area contributed by atoms with Crippen LogP contribution in [0.25, 0.3) is 10.8 Å². The third kappa shape index (κ3) is 3.52. The first kappa shape index (κ1) is 21.1. The van der Waals surface area contributed by atoms with Crippen molar-refractivity contribution in [3.05, 3.63) is 115 Å². The summed E-state index contributed by atoms with van der Waals surface area (Å²) in [6.45, 7) is 0. The topological polar surface area (TPSA) is 68.0 Å². The van der Waals surface area contributed by atoms with E-state index in [-0.39, 0.29) is 16.8 Å². The second-order valence-corrected chi connectivity index (χ2v) is 9.65. The zero-order valence-electron chi connectivity index (χ0n) is 17.7. The molecule has 0 aromatic heterocycles. The number of fused-ring (bicyclic) bond motifs is 4. The highest BCUT2D eigenvalue weighted by atomic mass is 79.9. The van der Waals surface area contributed by atoms with Crippen LogP contribution in [0.3, 0.4) is 0 Å². The maximum Gasteiger partial charge on any atom is 0.288 e. The van der Waals surface area contributed by atoms with Crippen LogP contribution in [-0.4, -0.2) is 15.6 Å². The number of benzene rings is 4. The number of ether oxygens (including phenoxy) is 1. The van der Waals surface area contributed by atoms with Gasteiger partial charge < -0.3 is 4.74 Å². The molecule has 2 atom stereocenters. The Kier molecular flexibility index (Phi) is 5.04. The maximum absolute atomic E-state index is 11.5. The van der Waals surface area contributed by atoms with Gasteiger partial charge >= 0.3 is 0 Å². The summed E-state index contributed by atoms with van der Waals surface area (Å²) in [6, 6.07) is 25.2. The van der Waals surface area contributed by atoms with Crippen LogP contribution >= 0.6 is 27.5 Å². The van der Waals surface area contributed by atoms with E-state index >= 15 is 0 Å². The van der Waals surface area contributed by atoms with Gasteiger partial charge in [-0.1, -0.05) is 70.0 Å². The lowest BCUT2D eigenvalue weighted by Crippen LogP contribution is -2.33. The van der Waals surface area contributed by atoms with E-state index in [9.17, 15) is 10.1 Å². The van der Waals surface area contributed by atoms with E-state index in [0.29, 0.717) is 12.0 Å². The Hall–Kier alpha value is -3.42. The van der Waals surface area contributed by atoms with Gasteiger partial charge in [0.05, 0.1) is 16.7 Å². The monoisotopic (exact) mass is 533 g/mol. The van der Waals surface area contributed by atoms with Crippen molar-refractivity contribution in [1.29, 1.82) is 0 Å². The second-order valence-electron chi connectivity index (χ2n) is 8.33. The van der Waals surface area contributed by atoms with Crippen molar-refractivity contribution in [1.82, 2.24) is 5.01 Å². The number of nitro groups is 1. The fourth-order valence-electron chi connectivity index (χ4n) is 4.64. The lowest BCUT2D eigenvalue weighted by Gasteiger charge is -2.38. The molecule has 0 amide bonds. The molecular formula is C26H17BrClN3O3. The first-order chi connectivity index (χ1) is 16.5. The first-order valence-electron chi connectivity index (χ1n) is 10.7. The summed E-state index contributed by atoms with van der Waals surface area (Å²) in [5.41, 5.74) is 3.48. The van der Waals surface area contributed by atoms with Crippen LogP contribution in [0.2, 0.25) is 5.02 Å². The Morgan fingerprint density at radius 3 is 2.68 bits per heavy atom. The Labute approximate surface area is 208 Å². The van der Waals surface area contributed by atoms with Crippen molar-refractivity contribution in [2.24, 2.45) is 5.10 Å². The molecule has 168 valence electrons. The molecule has 6 rings (SSSR count). The van der Waals surface area contributed by atoms with Crippen molar-refractivity contribution < 1.29 is 9.66 Å². The molecule has 0 aliphatic carbocycles. The number of hydrogen-bond donors (Lipinski definition) is 0. The molecule has 0 fully saturated rings. The molecule has 0 spiro atoms. The predicted octanol–water partition coefficient (Wildman–Crippen LogP) is 7.41. The molecule has 0 saturated heterocycles. The van der Waals surface area contributed by atoms with E-state index in [1.807, 2.05) is 35.3 Å². The smallest absolute Gasteiger partial charge is 0.288 e. The van der Waals surface area contributed by atoms with Gasteiger partial charge in [0.15, 0.2) is 0 Å². The summed E-state index contributed by atoms with van der Waals surface area (Å²) < 4.78 is 7.30. The van der Waals surface area contributed by atoms with Crippen molar-refractivity contribution in [2.75, 3.05) is 0 Å². The summed E-state index contributed by atoms with van der Waals surface area (Å²) in [5.74, 6) is 0.738. The van der Waals surface area contributed by atoms with Gasteiger partial charge in [0, 0.05) is 28.1 Å². The summed E-state index contributed by atoms with van der Waals surface area (Å²) in [6.07, 6.45) is 0.0738. The predicted molar refractivity (Wildman–Crippen MR) is 135 cm³/mol. The number of nitrogens with zero attached hydrogens (tertiary/aromatic N) is 3. The maximum atomic E-state index is 11.5. The summed E-state index contributed by atoms with van der Waals surface area (Å²) in [5, 5.41) is 20.8. The average molecular weight is 535 g/mol. The van der Waals surface area contributed by atoms with Crippen LogP contribution < -0.4 is 4.74 Å². The molecular weight excluding hydrogens is 518 g/mol. The molecule has 4 aromatic carbocycles. The number of hydrogen-bond acceptors (Lipinski definition) is 5. The van der Waals surface area contributed by atoms with Gasteiger partial charge in [-0.15, -0.1) is 0 Å². The Bertz CT molecular complexity index is 1510. The number of rotatable bonds is 3. The average Bonchev–Trinajstić information content (AvgIpc) is 3.29.